The second kappa shape index (κ2) is 9.11. The predicted octanol–water partition coefficient (Wildman–Crippen LogP) is 4.07. The average Bonchev–Trinajstić information content (AvgIpc) is 3.24. The van der Waals surface area contributed by atoms with Crippen molar-refractivity contribution in [2.75, 3.05) is 17.7 Å². The van der Waals surface area contributed by atoms with Crippen LogP contribution in [-0.2, 0) is 16.1 Å². The Labute approximate surface area is 180 Å². The zero-order valence-electron chi connectivity index (χ0n) is 15.6. The number of benzene rings is 2. The number of aromatic nitrogens is 2. The summed E-state index contributed by atoms with van der Waals surface area (Å²) >= 11 is 4.69. The van der Waals surface area contributed by atoms with Crippen LogP contribution in [0.5, 0.6) is 0 Å². The van der Waals surface area contributed by atoms with Gasteiger partial charge in [0, 0.05) is 11.1 Å². The number of nitrogens with one attached hydrogen (secondary N) is 1. The van der Waals surface area contributed by atoms with Gasteiger partial charge in [-0.1, -0.05) is 36.0 Å². The number of carbonyl (C=O) groups is 1. The first-order valence-electron chi connectivity index (χ1n) is 9.40. The quantitative estimate of drug-likeness (QED) is 0.431. The highest BCUT2D eigenvalue weighted by atomic mass is 79.9. The van der Waals surface area contributed by atoms with E-state index in [9.17, 15) is 9.59 Å². The number of carbonyl (C=O) groups excluding carboxylic acids is 1. The van der Waals surface area contributed by atoms with Crippen LogP contribution in [0.2, 0.25) is 0 Å². The van der Waals surface area contributed by atoms with E-state index in [1.54, 1.807) is 10.6 Å². The minimum Gasteiger partial charge on any atom is -0.376 e. The first-order valence-corrected chi connectivity index (χ1v) is 11.2. The Balaban J connectivity index is 1.57. The molecule has 150 valence electrons. The van der Waals surface area contributed by atoms with Gasteiger partial charge in [-0.25, -0.2) is 4.98 Å². The molecule has 1 aliphatic rings. The Morgan fingerprint density at radius 2 is 2.03 bits per heavy atom. The molecule has 0 saturated carbocycles. The van der Waals surface area contributed by atoms with Gasteiger partial charge in [-0.2, -0.15) is 0 Å². The van der Waals surface area contributed by atoms with Crippen molar-refractivity contribution >= 4 is 50.2 Å². The Kier molecular flexibility index (Phi) is 6.32. The first kappa shape index (κ1) is 20.1. The third-order valence-corrected chi connectivity index (χ3v) is 6.39. The van der Waals surface area contributed by atoms with Crippen LogP contribution in [0.4, 0.5) is 5.69 Å². The van der Waals surface area contributed by atoms with E-state index in [1.807, 2.05) is 42.5 Å². The predicted molar refractivity (Wildman–Crippen MR) is 118 cm³/mol. The van der Waals surface area contributed by atoms with Crippen LogP contribution in [0, 0.1) is 0 Å². The molecule has 4 rings (SSSR count). The maximum absolute atomic E-state index is 13.1. The molecule has 8 heteroatoms. The van der Waals surface area contributed by atoms with Crippen LogP contribution in [0.3, 0.4) is 0 Å². The van der Waals surface area contributed by atoms with Crippen LogP contribution >= 0.6 is 27.7 Å². The summed E-state index contributed by atoms with van der Waals surface area (Å²) in [6.07, 6.45) is 1.92. The normalized spacial score (nSPS) is 16.2. The number of halogens is 1. The smallest absolute Gasteiger partial charge is 0.262 e. The Bertz CT molecular complexity index is 1100. The highest BCUT2D eigenvalue weighted by Gasteiger charge is 2.20. The van der Waals surface area contributed by atoms with Gasteiger partial charge >= 0.3 is 0 Å². The van der Waals surface area contributed by atoms with Crippen LogP contribution in [0.15, 0.2) is 63.0 Å². The number of hydrogen-bond acceptors (Lipinski definition) is 5. The minimum atomic E-state index is -0.159. The molecule has 2 heterocycles. The lowest BCUT2D eigenvalue weighted by Crippen LogP contribution is -2.29. The maximum atomic E-state index is 13.1. The van der Waals surface area contributed by atoms with E-state index in [4.69, 9.17) is 4.74 Å². The fourth-order valence-corrected chi connectivity index (χ4v) is 4.48. The number of fused-ring (bicyclic) bond motifs is 1. The second-order valence-corrected chi connectivity index (χ2v) is 8.58. The average molecular weight is 474 g/mol. The number of amides is 1. The molecule has 0 radical (unpaired) electrons. The lowest BCUT2D eigenvalue weighted by molar-refractivity contribution is -0.113. The monoisotopic (exact) mass is 473 g/mol. The lowest BCUT2D eigenvalue weighted by Gasteiger charge is -2.16. The standard InChI is InChI=1S/C21H20BrN3O3S/c22-16-8-2-4-10-18(16)23-19(26)13-29-21-24-17-9-3-1-7-15(17)20(27)25(21)12-14-6-5-11-28-14/h1-4,7-10,14H,5-6,11-13H2,(H,23,26). The van der Waals surface area contributed by atoms with Crippen molar-refractivity contribution in [3.05, 3.63) is 63.4 Å². The summed E-state index contributed by atoms with van der Waals surface area (Å²) in [6, 6.07) is 14.7. The molecular weight excluding hydrogens is 454 g/mol. The van der Waals surface area contributed by atoms with Crippen molar-refractivity contribution < 1.29 is 9.53 Å². The van der Waals surface area contributed by atoms with Gasteiger partial charge in [0.25, 0.3) is 5.56 Å². The molecule has 0 spiro atoms. The summed E-state index contributed by atoms with van der Waals surface area (Å²) in [5.74, 6) is -0.00885. The van der Waals surface area contributed by atoms with Gasteiger partial charge in [-0.15, -0.1) is 0 Å². The largest absolute Gasteiger partial charge is 0.376 e. The molecule has 1 aromatic heterocycles. The molecule has 29 heavy (non-hydrogen) atoms. The molecule has 2 aromatic carbocycles. The van der Waals surface area contributed by atoms with Gasteiger partial charge in [0.05, 0.1) is 35.0 Å². The molecular formula is C21H20BrN3O3S. The highest BCUT2D eigenvalue weighted by Crippen LogP contribution is 2.23. The molecule has 1 amide bonds. The Morgan fingerprint density at radius 3 is 2.83 bits per heavy atom. The summed E-state index contributed by atoms with van der Waals surface area (Å²) in [5.41, 5.74) is 1.25. The van der Waals surface area contributed by atoms with E-state index >= 15 is 0 Å². The summed E-state index contributed by atoms with van der Waals surface area (Å²) in [6.45, 7) is 1.17. The summed E-state index contributed by atoms with van der Waals surface area (Å²) < 4.78 is 8.18. The number of rotatable bonds is 6. The molecule has 0 aliphatic carbocycles. The van der Waals surface area contributed by atoms with Crippen LogP contribution in [0.1, 0.15) is 12.8 Å². The van der Waals surface area contributed by atoms with Crippen molar-refractivity contribution in [2.45, 2.75) is 30.6 Å². The number of ether oxygens (including phenoxy) is 1. The van der Waals surface area contributed by atoms with Crippen LogP contribution < -0.4 is 10.9 Å². The molecule has 1 fully saturated rings. The topological polar surface area (TPSA) is 73.2 Å². The van der Waals surface area contributed by atoms with Crippen molar-refractivity contribution in [2.24, 2.45) is 0 Å². The van der Waals surface area contributed by atoms with Gasteiger partial charge in [0.1, 0.15) is 0 Å². The minimum absolute atomic E-state index is 0.00381. The zero-order chi connectivity index (χ0) is 20.2. The summed E-state index contributed by atoms with van der Waals surface area (Å²) in [4.78, 5) is 30.2. The summed E-state index contributed by atoms with van der Waals surface area (Å²) in [5, 5.41) is 3.99. The van der Waals surface area contributed by atoms with Crippen molar-refractivity contribution in [3.8, 4) is 0 Å². The van der Waals surface area contributed by atoms with E-state index < -0.39 is 0 Å². The van der Waals surface area contributed by atoms with Gasteiger partial charge in [-0.05, 0) is 53.0 Å². The van der Waals surface area contributed by atoms with Gasteiger partial charge in [-0.3, -0.25) is 14.2 Å². The molecule has 6 nitrogen and oxygen atoms in total. The number of para-hydroxylation sites is 2. The molecule has 1 atom stereocenters. The van der Waals surface area contributed by atoms with Crippen LogP contribution in [-0.4, -0.2) is 33.9 Å². The van der Waals surface area contributed by atoms with Crippen molar-refractivity contribution in [1.29, 1.82) is 0 Å². The van der Waals surface area contributed by atoms with Gasteiger partial charge < -0.3 is 10.1 Å². The van der Waals surface area contributed by atoms with E-state index in [0.717, 1.165) is 23.9 Å². The molecule has 1 aliphatic heterocycles. The molecule has 1 unspecified atom stereocenters. The third kappa shape index (κ3) is 4.71. The lowest BCUT2D eigenvalue weighted by atomic mass is 10.2. The molecule has 1 N–H and O–H groups in total. The first-order chi connectivity index (χ1) is 14.1. The molecule has 3 aromatic rings. The van der Waals surface area contributed by atoms with Crippen molar-refractivity contribution in [3.63, 3.8) is 0 Å². The fourth-order valence-electron chi connectivity index (χ4n) is 3.29. The summed E-state index contributed by atoms with van der Waals surface area (Å²) in [7, 11) is 0. The van der Waals surface area contributed by atoms with Gasteiger partial charge in [0.15, 0.2) is 5.16 Å². The maximum Gasteiger partial charge on any atom is 0.262 e. The van der Waals surface area contributed by atoms with Gasteiger partial charge in [0.2, 0.25) is 5.91 Å². The fraction of sp³-hybridized carbons (Fsp3) is 0.286. The number of hydrogen-bond donors (Lipinski definition) is 1. The number of thioether (sulfide) groups is 1. The Hall–Kier alpha value is -2.16. The second-order valence-electron chi connectivity index (χ2n) is 6.78. The zero-order valence-corrected chi connectivity index (χ0v) is 18.0. The van der Waals surface area contributed by atoms with E-state index in [1.165, 1.54) is 11.8 Å². The highest BCUT2D eigenvalue weighted by molar-refractivity contribution is 9.10. The van der Waals surface area contributed by atoms with Crippen LogP contribution in [0.25, 0.3) is 10.9 Å². The molecule has 0 bridgehead atoms. The van der Waals surface area contributed by atoms with E-state index in [0.29, 0.717) is 28.3 Å². The Morgan fingerprint density at radius 1 is 1.24 bits per heavy atom. The SMILES string of the molecule is O=C(CSc1nc2ccccc2c(=O)n1CC1CCCO1)Nc1ccccc1Br. The van der Waals surface area contributed by atoms with E-state index in [2.05, 4.69) is 26.2 Å². The van der Waals surface area contributed by atoms with E-state index in [-0.39, 0.29) is 23.3 Å². The third-order valence-electron chi connectivity index (χ3n) is 4.72. The number of anilines is 1. The van der Waals surface area contributed by atoms with Crippen molar-refractivity contribution in [1.82, 2.24) is 9.55 Å². The number of nitrogens with zero attached hydrogens (tertiary/aromatic N) is 2. The molecule has 1 saturated heterocycles.